The third kappa shape index (κ3) is 3.19. The van der Waals surface area contributed by atoms with Gasteiger partial charge < -0.3 is 10.5 Å². The largest absolute Gasteiger partial charge is 0.381 e. The molecule has 1 fully saturated rings. The van der Waals surface area contributed by atoms with Gasteiger partial charge in [-0.1, -0.05) is 20.3 Å². The van der Waals surface area contributed by atoms with Gasteiger partial charge in [0.25, 0.3) is 0 Å². The lowest BCUT2D eigenvalue weighted by Gasteiger charge is -2.43. The summed E-state index contributed by atoms with van der Waals surface area (Å²) in [5.41, 5.74) is 5.89. The molecule has 0 amide bonds. The van der Waals surface area contributed by atoms with E-state index in [0.717, 1.165) is 31.8 Å². The molecule has 1 heterocycles. The lowest BCUT2D eigenvalue weighted by molar-refractivity contribution is -0.0107. The van der Waals surface area contributed by atoms with Gasteiger partial charge in [0.05, 0.1) is 6.10 Å². The molecule has 1 rings (SSSR count). The molecule has 96 valence electrons. The molecule has 0 aromatic heterocycles. The third-order valence-electron chi connectivity index (χ3n) is 4.31. The second-order valence-corrected chi connectivity index (χ2v) is 5.14. The number of methoxy groups -OCH3 is 1. The van der Waals surface area contributed by atoms with Crippen LogP contribution >= 0.6 is 0 Å². The first-order valence-corrected chi connectivity index (χ1v) is 6.62. The van der Waals surface area contributed by atoms with Gasteiger partial charge in [0.15, 0.2) is 0 Å². The summed E-state index contributed by atoms with van der Waals surface area (Å²) >= 11 is 0. The molecule has 2 N–H and O–H groups in total. The van der Waals surface area contributed by atoms with E-state index in [1.807, 2.05) is 7.11 Å². The summed E-state index contributed by atoms with van der Waals surface area (Å²) in [6, 6.07) is 1.14. The Kier molecular flexibility index (Phi) is 5.73. The van der Waals surface area contributed by atoms with Gasteiger partial charge in [0, 0.05) is 32.3 Å². The van der Waals surface area contributed by atoms with Crippen LogP contribution in [0.5, 0.6) is 0 Å². The highest BCUT2D eigenvalue weighted by atomic mass is 16.5. The Bertz CT molecular complexity index is 198. The number of piperidine rings is 1. The van der Waals surface area contributed by atoms with Crippen molar-refractivity contribution in [2.75, 3.05) is 20.2 Å². The number of hydrogen-bond acceptors (Lipinski definition) is 3. The smallest absolute Gasteiger partial charge is 0.0599 e. The van der Waals surface area contributed by atoms with Gasteiger partial charge in [-0.3, -0.25) is 4.90 Å². The first-order chi connectivity index (χ1) is 7.63. The first kappa shape index (κ1) is 13.9. The predicted octanol–water partition coefficient (Wildman–Crippen LogP) is 1.86. The van der Waals surface area contributed by atoms with Crippen molar-refractivity contribution < 1.29 is 4.74 Å². The minimum Gasteiger partial charge on any atom is -0.381 e. The molecule has 0 bridgehead atoms. The van der Waals surface area contributed by atoms with E-state index < -0.39 is 0 Å². The quantitative estimate of drug-likeness (QED) is 0.780. The number of likely N-dealkylation sites (tertiary alicyclic amines) is 1. The van der Waals surface area contributed by atoms with E-state index in [1.165, 1.54) is 6.42 Å². The zero-order valence-electron chi connectivity index (χ0n) is 11.3. The van der Waals surface area contributed by atoms with Crippen LogP contribution in [0.15, 0.2) is 0 Å². The SMILES string of the molecule is CCC(C)C(C)N1CCC(OC)CC1CN. The van der Waals surface area contributed by atoms with Gasteiger partial charge in [-0.2, -0.15) is 0 Å². The molecule has 0 aromatic carbocycles. The Labute approximate surface area is 100 Å². The standard InChI is InChI=1S/C13H28N2O/c1-5-10(2)11(3)15-7-6-13(16-4)8-12(15)9-14/h10-13H,5-9,14H2,1-4H3. The molecular weight excluding hydrogens is 200 g/mol. The third-order valence-corrected chi connectivity index (χ3v) is 4.31. The van der Waals surface area contributed by atoms with Crippen molar-refractivity contribution in [1.82, 2.24) is 4.90 Å². The summed E-state index contributed by atoms with van der Waals surface area (Å²) in [6.45, 7) is 8.82. The van der Waals surface area contributed by atoms with Crippen LogP contribution in [0.25, 0.3) is 0 Å². The average molecular weight is 228 g/mol. The molecule has 1 aliphatic heterocycles. The Morgan fingerprint density at radius 1 is 1.44 bits per heavy atom. The van der Waals surface area contributed by atoms with E-state index in [1.54, 1.807) is 0 Å². The van der Waals surface area contributed by atoms with E-state index >= 15 is 0 Å². The molecule has 3 nitrogen and oxygen atoms in total. The lowest BCUT2D eigenvalue weighted by Crippen LogP contribution is -2.53. The first-order valence-electron chi connectivity index (χ1n) is 6.62. The Morgan fingerprint density at radius 3 is 2.62 bits per heavy atom. The topological polar surface area (TPSA) is 38.5 Å². The summed E-state index contributed by atoms with van der Waals surface area (Å²) in [6.07, 6.45) is 3.89. The zero-order chi connectivity index (χ0) is 12.1. The van der Waals surface area contributed by atoms with Crippen molar-refractivity contribution in [1.29, 1.82) is 0 Å². The molecule has 4 atom stereocenters. The second kappa shape index (κ2) is 6.58. The van der Waals surface area contributed by atoms with E-state index in [4.69, 9.17) is 10.5 Å². The molecule has 0 aliphatic carbocycles. The molecule has 3 heteroatoms. The zero-order valence-corrected chi connectivity index (χ0v) is 11.3. The highest BCUT2D eigenvalue weighted by Gasteiger charge is 2.31. The van der Waals surface area contributed by atoms with Crippen LogP contribution in [-0.2, 0) is 4.74 Å². The summed E-state index contributed by atoms with van der Waals surface area (Å²) < 4.78 is 5.46. The molecule has 1 saturated heterocycles. The van der Waals surface area contributed by atoms with Gasteiger partial charge in [-0.15, -0.1) is 0 Å². The molecule has 0 radical (unpaired) electrons. The second-order valence-electron chi connectivity index (χ2n) is 5.14. The van der Waals surface area contributed by atoms with Gasteiger partial charge in [0.2, 0.25) is 0 Å². The van der Waals surface area contributed by atoms with Crippen LogP contribution in [0.3, 0.4) is 0 Å². The van der Waals surface area contributed by atoms with Crippen molar-refractivity contribution in [3.63, 3.8) is 0 Å². The molecule has 0 aromatic rings. The van der Waals surface area contributed by atoms with E-state index in [9.17, 15) is 0 Å². The Hall–Kier alpha value is -0.120. The van der Waals surface area contributed by atoms with E-state index in [0.29, 0.717) is 18.2 Å². The summed E-state index contributed by atoms with van der Waals surface area (Å²) in [4.78, 5) is 2.59. The molecule has 16 heavy (non-hydrogen) atoms. The normalized spacial score (nSPS) is 31.3. The monoisotopic (exact) mass is 228 g/mol. The number of rotatable bonds is 5. The van der Waals surface area contributed by atoms with Gasteiger partial charge in [-0.25, -0.2) is 0 Å². The fourth-order valence-corrected chi connectivity index (χ4v) is 2.68. The Morgan fingerprint density at radius 2 is 2.12 bits per heavy atom. The van der Waals surface area contributed by atoms with Crippen LogP contribution in [-0.4, -0.2) is 43.3 Å². The van der Waals surface area contributed by atoms with E-state index in [-0.39, 0.29) is 0 Å². The minimum atomic E-state index is 0.411. The number of nitrogens with zero attached hydrogens (tertiary/aromatic N) is 1. The van der Waals surface area contributed by atoms with Crippen molar-refractivity contribution in [3.8, 4) is 0 Å². The minimum absolute atomic E-state index is 0.411. The molecule has 4 unspecified atom stereocenters. The maximum absolute atomic E-state index is 5.89. The maximum Gasteiger partial charge on any atom is 0.0599 e. The number of hydrogen-bond donors (Lipinski definition) is 1. The van der Waals surface area contributed by atoms with Crippen LogP contribution in [0.1, 0.15) is 40.0 Å². The fourth-order valence-electron chi connectivity index (χ4n) is 2.68. The van der Waals surface area contributed by atoms with Crippen molar-refractivity contribution in [3.05, 3.63) is 0 Å². The number of nitrogens with two attached hydrogens (primary N) is 1. The van der Waals surface area contributed by atoms with Crippen LogP contribution in [0.4, 0.5) is 0 Å². The van der Waals surface area contributed by atoms with Gasteiger partial charge in [0.1, 0.15) is 0 Å². The van der Waals surface area contributed by atoms with E-state index in [2.05, 4.69) is 25.7 Å². The summed E-state index contributed by atoms with van der Waals surface area (Å²) in [5, 5.41) is 0. The maximum atomic E-state index is 5.89. The van der Waals surface area contributed by atoms with Gasteiger partial charge in [-0.05, 0) is 25.7 Å². The van der Waals surface area contributed by atoms with Crippen molar-refractivity contribution in [2.24, 2.45) is 11.7 Å². The predicted molar refractivity (Wildman–Crippen MR) is 68.5 cm³/mol. The highest BCUT2D eigenvalue weighted by molar-refractivity contribution is 4.87. The van der Waals surface area contributed by atoms with Crippen molar-refractivity contribution >= 4 is 0 Å². The molecular formula is C13H28N2O. The Balaban J connectivity index is 2.58. The van der Waals surface area contributed by atoms with Crippen LogP contribution in [0.2, 0.25) is 0 Å². The molecule has 1 aliphatic rings. The van der Waals surface area contributed by atoms with Crippen molar-refractivity contribution in [2.45, 2.75) is 58.2 Å². The fraction of sp³-hybridized carbons (Fsp3) is 1.00. The lowest BCUT2D eigenvalue weighted by atomic mass is 9.92. The molecule has 0 spiro atoms. The summed E-state index contributed by atoms with van der Waals surface area (Å²) in [7, 11) is 1.81. The number of ether oxygens (including phenoxy) is 1. The van der Waals surface area contributed by atoms with Gasteiger partial charge >= 0.3 is 0 Å². The average Bonchev–Trinajstić information content (AvgIpc) is 2.35. The van der Waals surface area contributed by atoms with Crippen LogP contribution < -0.4 is 5.73 Å². The van der Waals surface area contributed by atoms with Crippen LogP contribution in [0, 0.1) is 5.92 Å². The highest BCUT2D eigenvalue weighted by Crippen LogP contribution is 2.25. The summed E-state index contributed by atoms with van der Waals surface area (Å²) in [5.74, 6) is 0.744. The molecule has 0 saturated carbocycles.